The first-order chi connectivity index (χ1) is 7.65. The Labute approximate surface area is 92.9 Å². The first-order valence-electron chi connectivity index (χ1n) is 5.07. The van der Waals surface area contributed by atoms with Gasteiger partial charge in [0.15, 0.2) is 0 Å². The van der Waals surface area contributed by atoms with Gasteiger partial charge >= 0.3 is 5.97 Å². The molecule has 0 bridgehead atoms. The van der Waals surface area contributed by atoms with E-state index >= 15 is 0 Å². The van der Waals surface area contributed by atoms with E-state index in [0.717, 1.165) is 0 Å². The van der Waals surface area contributed by atoms with Crippen molar-refractivity contribution in [2.45, 2.75) is 19.9 Å². The number of ether oxygens (including phenoxy) is 1. The summed E-state index contributed by atoms with van der Waals surface area (Å²) >= 11 is 0. The van der Waals surface area contributed by atoms with Gasteiger partial charge in [-0.2, -0.15) is 0 Å². The van der Waals surface area contributed by atoms with Crippen molar-refractivity contribution in [3.8, 4) is 0 Å². The lowest BCUT2D eigenvalue weighted by atomic mass is 10.1. The average molecular weight is 220 g/mol. The Morgan fingerprint density at radius 2 is 2.38 bits per heavy atom. The Balaban J connectivity index is 2.35. The molecule has 0 aromatic rings. The molecule has 0 radical (unpaired) electrons. The van der Waals surface area contributed by atoms with Gasteiger partial charge in [0, 0.05) is 5.57 Å². The number of fused-ring (bicyclic) bond motifs is 1. The highest BCUT2D eigenvalue weighted by Crippen LogP contribution is 2.30. The molecule has 0 spiro atoms. The van der Waals surface area contributed by atoms with Crippen LogP contribution in [0.1, 0.15) is 13.8 Å². The molecule has 16 heavy (non-hydrogen) atoms. The van der Waals surface area contributed by atoms with Gasteiger partial charge < -0.3 is 10.1 Å². The van der Waals surface area contributed by atoms with Gasteiger partial charge in [-0.3, -0.25) is 9.79 Å². The zero-order chi connectivity index (χ0) is 11.7. The van der Waals surface area contributed by atoms with E-state index in [0.29, 0.717) is 23.3 Å². The third kappa shape index (κ3) is 1.54. The summed E-state index contributed by atoms with van der Waals surface area (Å²) < 4.78 is 4.91. The number of carbonyl (C=O) groups excluding carboxylic acids is 2. The van der Waals surface area contributed by atoms with Crippen LogP contribution in [0.2, 0.25) is 0 Å². The predicted molar refractivity (Wildman–Crippen MR) is 57.8 cm³/mol. The fourth-order valence-corrected chi connectivity index (χ4v) is 1.84. The van der Waals surface area contributed by atoms with Gasteiger partial charge in [-0.05, 0) is 25.5 Å². The van der Waals surface area contributed by atoms with Crippen molar-refractivity contribution in [1.82, 2.24) is 5.32 Å². The van der Waals surface area contributed by atoms with Crippen LogP contribution in [0.5, 0.6) is 0 Å². The van der Waals surface area contributed by atoms with E-state index < -0.39 is 5.97 Å². The molecule has 0 aromatic heterocycles. The zero-order valence-electron chi connectivity index (χ0n) is 9.11. The van der Waals surface area contributed by atoms with Gasteiger partial charge in [0.2, 0.25) is 0 Å². The summed E-state index contributed by atoms with van der Waals surface area (Å²) in [6.45, 7) is 3.80. The second-order valence-electron chi connectivity index (χ2n) is 3.54. The minimum absolute atomic E-state index is 0.201. The number of carbonyl (C=O) groups is 2. The first-order valence-corrected chi connectivity index (χ1v) is 5.07. The van der Waals surface area contributed by atoms with Crippen LogP contribution in [-0.2, 0) is 14.3 Å². The Morgan fingerprint density at radius 1 is 1.62 bits per heavy atom. The molecule has 5 nitrogen and oxygen atoms in total. The maximum absolute atomic E-state index is 11.6. The lowest BCUT2D eigenvalue weighted by Crippen LogP contribution is -2.32. The summed E-state index contributed by atoms with van der Waals surface area (Å²) in [5.74, 6) is -0.599. The standard InChI is InChI=1S/C11H12N2O3/c1-3-16-11(15)7-4-8-9(6(7)2)10(14)13-5-12-8/h4-5,8H,3H2,1-2H3,(H,12,13,14). The van der Waals surface area contributed by atoms with E-state index in [2.05, 4.69) is 10.3 Å². The van der Waals surface area contributed by atoms with Crippen LogP contribution < -0.4 is 5.32 Å². The van der Waals surface area contributed by atoms with Crippen molar-refractivity contribution in [3.05, 3.63) is 22.8 Å². The molecule has 1 N–H and O–H groups in total. The molecule has 2 aliphatic rings. The normalized spacial score (nSPS) is 22.8. The van der Waals surface area contributed by atoms with Gasteiger partial charge in [0.05, 0.1) is 18.5 Å². The van der Waals surface area contributed by atoms with E-state index in [-0.39, 0.29) is 11.9 Å². The lowest BCUT2D eigenvalue weighted by Gasteiger charge is -2.13. The van der Waals surface area contributed by atoms with Crippen molar-refractivity contribution in [3.63, 3.8) is 0 Å². The second-order valence-corrected chi connectivity index (χ2v) is 3.54. The maximum atomic E-state index is 11.6. The molecular formula is C11H12N2O3. The highest BCUT2D eigenvalue weighted by molar-refractivity contribution is 6.08. The number of nitrogens with one attached hydrogen (secondary N) is 1. The van der Waals surface area contributed by atoms with Crippen LogP contribution in [0.25, 0.3) is 0 Å². The third-order valence-corrected chi connectivity index (χ3v) is 2.60. The molecule has 5 heteroatoms. The number of nitrogens with zero attached hydrogens (tertiary/aromatic N) is 1. The summed E-state index contributed by atoms with van der Waals surface area (Å²) in [7, 11) is 0. The van der Waals surface area contributed by atoms with E-state index in [1.165, 1.54) is 6.34 Å². The smallest absolute Gasteiger partial charge is 0.338 e. The molecule has 1 heterocycles. The van der Waals surface area contributed by atoms with E-state index in [4.69, 9.17) is 4.74 Å². The van der Waals surface area contributed by atoms with Crippen LogP contribution in [0.4, 0.5) is 0 Å². The fourth-order valence-electron chi connectivity index (χ4n) is 1.84. The lowest BCUT2D eigenvalue weighted by molar-refractivity contribution is -0.138. The maximum Gasteiger partial charge on any atom is 0.338 e. The van der Waals surface area contributed by atoms with Crippen LogP contribution in [0.15, 0.2) is 27.8 Å². The van der Waals surface area contributed by atoms with Crippen molar-refractivity contribution in [2.75, 3.05) is 6.61 Å². The Bertz CT molecular complexity index is 446. The molecule has 1 unspecified atom stereocenters. The molecule has 0 saturated heterocycles. The van der Waals surface area contributed by atoms with Gasteiger partial charge in [-0.1, -0.05) is 0 Å². The Kier molecular flexibility index (Phi) is 2.60. The molecule has 1 atom stereocenters. The van der Waals surface area contributed by atoms with Crippen LogP contribution in [-0.4, -0.2) is 30.9 Å². The monoisotopic (exact) mass is 220 g/mol. The summed E-state index contributed by atoms with van der Waals surface area (Å²) in [5, 5.41) is 2.50. The van der Waals surface area contributed by atoms with Gasteiger partial charge in [-0.15, -0.1) is 0 Å². The van der Waals surface area contributed by atoms with Gasteiger partial charge in [-0.25, -0.2) is 4.79 Å². The first kappa shape index (κ1) is 10.6. The van der Waals surface area contributed by atoms with Crippen molar-refractivity contribution < 1.29 is 14.3 Å². The second kappa shape index (κ2) is 3.92. The van der Waals surface area contributed by atoms with Crippen LogP contribution in [0.3, 0.4) is 0 Å². The zero-order valence-corrected chi connectivity index (χ0v) is 9.11. The van der Waals surface area contributed by atoms with Crippen LogP contribution >= 0.6 is 0 Å². The number of aliphatic imine (C=N–C) groups is 1. The number of esters is 1. The van der Waals surface area contributed by atoms with Crippen LogP contribution in [0, 0.1) is 0 Å². The van der Waals surface area contributed by atoms with E-state index in [9.17, 15) is 9.59 Å². The highest BCUT2D eigenvalue weighted by atomic mass is 16.5. The molecule has 0 saturated carbocycles. The number of amides is 1. The molecular weight excluding hydrogens is 208 g/mol. The van der Waals surface area contributed by atoms with Crippen molar-refractivity contribution >= 4 is 18.2 Å². The highest BCUT2D eigenvalue weighted by Gasteiger charge is 2.33. The summed E-state index contributed by atoms with van der Waals surface area (Å²) in [4.78, 5) is 27.3. The molecule has 1 aliphatic heterocycles. The third-order valence-electron chi connectivity index (χ3n) is 2.60. The minimum atomic E-state index is -0.398. The van der Waals surface area contributed by atoms with Gasteiger partial charge in [0.1, 0.15) is 6.04 Å². The quantitative estimate of drug-likeness (QED) is 0.682. The number of rotatable bonds is 2. The topological polar surface area (TPSA) is 67.8 Å². The van der Waals surface area contributed by atoms with E-state index in [1.807, 2.05) is 0 Å². The van der Waals surface area contributed by atoms with Crippen molar-refractivity contribution in [2.24, 2.45) is 4.99 Å². The Hall–Kier alpha value is -1.91. The average Bonchev–Trinajstić information content (AvgIpc) is 2.58. The molecule has 0 fully saturated rings. The number of hydrogen-bond donors (Lipinski definition) is 1. The molecule has 0 aromatic carbocycles. The SMILES string of the molecule is CCOC(=O)C1=CC2N=CNC(=O)C2=C1C. The summed E-state index contributed by atoms with van der Waals surface area (Å²) in [6, 6.07) is -0.340. The number of hydrogen-bond acceptors (Lipinski definition) is 4. The van der Waals surface area contributed by atoms with Crippen molar-refractivity contribution in [1.29, 1.82) is 0 Å². The fraction of sp³-hybridized carbons (Fsp3) is 0.364. The van der Waals surface area contributed by atoms with Gasteiger partial charge in [0.25, 0.3) is 5.91 Å². The molecule has 84 valence electrons. The molecule has 1 aliphatic carbocycles. The summed E-state index contributed by atoms with van der Waals surface area (Å²) in [6.07, 6.45) is 3.02. The Morgan fingerprint density at radius 3 is 3.00 bits per heavy atom. The molecule has 1 amide bonds. The van der Waals surface area contributed by atoms with E-state index in [1.54, 1.807) is 19.9 Å². The largest absolute Gasteiger partial charge is 0.462 e. The minimum Gasteiger partial charge on any atom is -0.462 e. The molecule has 2 rings (SSSR count). The predicted octanol–water partition coefficient (Wildman–Crippen LogP) is 0.333. The summed E-state index contributed by atoms with van der Waals surface area (Å²) in [5.41, 5.74) is 1.62.